The monoisotopic (exact) mass is 1750 g/mol. The number of oxime groups is 1. The number of ether oxygens (including phenoxy) is 1. The first-order valence-corrected chi connectivity index (χ1v) is 42.2. The van der Waals surface area contributed by atoms with Crippen molar-refractivity contribution >= 4 is 133 Å². The van der Waals surface area contributed by atoms with E-state index in [0.717, 1.165) is 40.5 Å². The lowest BCUT2D eigenvalue weighted by molar-refractivity contribution is -0.141. The van der Waals surface area contributed by atoms with Crippen molar-refractivity contribution < 1.29 is 129 Å². The maximum absolute atomic E-state index is 14.4. The molecule has 0 saturated heterocycles. The van der Waals surface area contributed by atoms with E-state index in [0.29, 0.717) is 58.0 Å². The van der Waals surface area contributed by atoms with E-state index in [9.17, 15) is 119 Å². The molecule has 3 aromatic carbocycles. The molecule has 0 aromatic heterocycles. The Bertz CT molecular complexity index is 4780. The van der Waals surface area contributed by atoms with Gasteiger partial charge in [0.15, 0.2) is 16.9 Å². The van der Waals surface area contributed by atoms with Gasteiger partial charge in [-0.1, -0.05) is 93.9 Å². The predicted molar refractivity (Wildman–Crippen MR) is 445 cm³/mol. The van der Waals surface area contributed by atoms with E-state index >= 15 is 0 Å². The number of rotatable bonds is 54. The zero-order valence-corrected chi connectivity index (χ0v) is 70.4. The molecule has 0 saturated carbocycles. The topological polar surface area (TPSA) is 583 Å². The number of aliphatic imine (C=N–C) groups is 1. The number of carboxylic acid groups (broad SMARTS) is 5. The van der Waals surface area contributed by atoms with Gasteiger partial charge < -0.3 is 81.8 Å². The van der Waals surface area contributed by atoms with Crippen molar-refractivity contribution in [3.05, 3.63) is 143 Å². The number of Topliss-reactive ketones (excluding diaryl/α,β-unsaturated/α-hetero) is 1. The van der Waals surface area contributed by atoms with Gasteiger partial charge in [0.25, 0.3) is 21.9 Å². The van der Waals surface area contributed by atoms with Crippen molar-refractivity contribution in [2.75, 3.05) is 50.9 Å². The van der Waals surface area contributed by atoms with Crippen LogP contribution in [-0.2, 0) is 120 Å². The van der Waals surface area contributed by atoms with E-state index in [1.807, 2.05) is 70.2 Å². The average molecular weight is 1750 g/mol. The van der Waals surface area contributed by atoms with Crippen LogP contribution >= 0.6 is 0 Å². The molecule has 0 bridgehead atoms. The van der Waals surface area contributed by atoms with Gasteiger partial charge in [0, 0.05) is 124 Å². The van der Waals surface area contributed by atoms with Crippen LogP contribution in [0.1, 0.15) is 167 Å². The van der Waals surface area contributed by atoms with Crippen molar-refractivity contribution in [1.82, 2.24) is 42.1 Å². The van der Waals surface area contributed by atoms with Gasteiger partial charge in [0.2, 0.25) is 41.4 Å². The van der Waals surface area contributed by atoms with E-state index in [2.05, 4.69) is 47.3 Å². The number of nitrogens with one attached hydrogen (secondary N) is 7. The van der Waals surface area contributed by atoms with Crippen LogP contribution in [0.15, 0.2) is 141 Å². The van der Waals surface area contributed by atoms with Crippen LogP contribution in [0, 0.1) is 5.92 Å². The molecule has 666 valence electrons. The van der Waals surface area contributed by atoms with Gasteiger partial charge in [-0.3, -0.25) is 86.4 Å². The van der Waals surface area contributed by atoms with Crippen LogP contribution in [-0.4, -0.2) is 229 Å². The fraction of sp³-hybridized carbons (Fsp3) is 0.458. The largest absolute Gasteiger partial charge is 0.481 e. The lowest BCUT2D eigenvalue weighted by atomic mass is 9.81. The summed E-state index contributed by atoms with van der Waals surface area (Å²) in [4.78, 5) is 207. The second-order valence-electron chi connectivity index (χ2n) is 30.0. The molecular formula is C83H105N11O27S2. The van der Waals surface area contributed by atoms with Crippen molar-refractivity contribution in [2.45, 2.75) is 202 Å². The zero-order chi connectivity index (χ0) is 90.9. The number of aliphatic carboxylic acids is 5. The number of carbonyl (C=O) groups excluding carboxylic acids is 10. The highest BCUT2D eigenvalue weighted by Gasteiger charge is 2.42. The third-order valence-electron chi connectivity index (χ3n) is 20.2. The number of hydrogen-bond acceptors (Lipinski definition) is 23. The van der Waals surface area contributed by atoms with Gasteiger partial charge in [-0.05, 0) is 130 Å². The lowest BCUT2D eigenvalue weighted by Crippen LogP contribution is -2.57. The van der Waals surface area contributed by atoms with E-state index in [4.69, 9.17) is 14.6 Å². The third-order valence-corrected chi connectivity index (χ3v) is 21.7. The van der Waals surface area contributed by atoms with Crippen molar-refractivity contribution in [3.63, 3.8) is 0 Å². The summed E-state index contributed by atoms with van der Waals surface area (Å²) in [5.74, 6) is -18.6. The molecule has 0 aliphatic carbocycles. The Labute approximate surface area is 712 Å². The highest BCUT2D eigenvalue weighted by molar-refractivity contribution is 7.85. The van der Waals surface area contributed by atoms with Gasteiger partial charge in [0.05, 0.1) is 46.1 Å². The number of unbranched alkanes of at least 4 members (excludes halogenated alkanes) is 2. The lowest BCUT2D eigenvalue weighted by Gasteiger charge is -2.27. The number of benzene rings is 3. The SMILES string of the molecule is CCOCCNC(=O)[C@H](Cc1ccc(/C(C)=N/OCCNC(=O)CCCCCN2/C(=C/C=C/C=C/C=C/C3=Nc4ccc(S(=O)O)cc4C3(C)C)C(C)(C)c3cc(S(=O)(=O)O)ccc32)cc1)NC(=O)[C@@H](CCC(=O)O)NC(=O)[C@@H](CCC(=O)O)NC(=O)[C@@H](CCC(=O)O)CC(=O)[C@@H](CCC(=O)O)NC(=O)[C@@H](CCC(=O)O)NC(=O)CCN1C(=O)C=CC1=O. The van der Waals surface area contributed by atoms with E-state index in [1.165, 1.54) is 12.1 Å². The number of carboxylic acids is 5. The van der Waals surface area contributed by atoms with Gasteiger partial charge in [0.1, 0.15) is 30.8 Å². The Kier molecular flexibility index (Phi) is 38.7. The van der Waals surface area contributed by atoms with Crippen LogP contribution in [0.3, 0.4) is 0 Å². The first kappa shape index (κ1) is 99.5. The minimum atomic E-state index is -4.51. The number of fused-ring (bicyclic) bond motifs is 2. The van der Waals surface area contributed by atoms with E-state index < -0.39 is 235 Å². The molecule has 0 spiro atoms. The van der Waals surface area contributed by atoms with E-state index in [-0.39, 0.29) is 56.6 Å². The second-order valence-corrected chi connectivity index (χ2v) is 32.4. The molecule has 14 N–H and O–H groups in total. The van der Waals surface area contributed by atoms with Gasteiger partial charge in [-0.15, -0.1) is 0 Å². The van der Waals surface area contributed by atoms with Gasteiger partial charge >= 0.3 is 29.8 Å². The van der Waals surface area contributed by atoms with Crippen molar-refractivity contribution in [1.29, 1.82) is 0 Å². The number of hydrogen-bond donors (Lipinski definition) is 14. The molecule has 38 nitrogen and oxygen atoms in total. The van der Waals surface area contributed by atoms with Crippen molar-refractivity contribution in [2.24, 2.45) is 16.1 Å². The third kappa shape index (κ3) is 31.6. The highest BCUT2D eigenvalue weighted by Crippen LogP contribution is 2.49. The zero-order valence-electron chi connectivity index (χ0n) is 68.8. The number of nitrogens with zero attached hydrogens (tertiary/aromatic N) is 4. The molecule has 1 unspecified atom stereocenters. The molecule has 0 radical (unpaired) electrons. The number of anilines is 1. The highest BCUT2D eigenvalue weighted by atomic mass is 32.2. The van der Waals surface area contributed by atoms with E-state index in [1.54, 1.807) is 62.4 Å². The smallest absolute Gasteiger partial charge is 0.303 e. The Morgan fingerprint density at radius 3 is 1.69 bits per heavy atom. The van der Waals surface area contributed by atoms with Crippen LogP contribution in [0.4, 0.5) is 11.4 Å². The summed E-state index contributed by atoms with van der Waals surface area (Å²) in [6.45, 7) is 11.7. The molecule has 9 amide bonds. The Morgan fingerprint density at radius 2 is 1.11 bits per heavy atom. The Balaban J connectivity index is 1.05. The number of allylic oxidation sites excluding steroid dienone is 8. The standard InChI is InChI=1S/C83H105N11O27S2/c1-7-120-44-40-85-78(111)63(91-81(114)62(30-38-76(108)109)90-80(113)61(29-37-75(106)107)89-77(110)53(23-34-72(100)101)47-65(95)59(27-35-73(102)103)88-79(112)60(28-36-74(104)105)87-69(97)39-43-94-70(98)32-33-71(94)99)46-51-19-21-52(22-20-51)50(2)92-121-45-41-84-68(96)18-14-11-15-42-93-64-31-25-55(123(117,118)119)49-57(64)83(5,6)67(93)17-13-10-8-9-12-16-66-82(3,4)56-48-54(122(115)116)24-26-58(56)86-66/h8-10,12-13,16-17,19-22,24-26,31-33,48-49,53,59-63H,7,11,14-15,18,23,27-30,34-47H2,1-6H3,(H,84,96)(H,85,111)(H,87,97)(H,88,112)(H,89,110)(H,90,113)(H,91,114)(H,100,101)(H,102,103)(H,104,105)(H,106,107)(H,108,109)(H,115,116)(H,117,118,119)/b9-8+,13-10+,16-12+,67-17+,92-50+/t53-,59+,60+,61+,62+,63-/m0/s1. The molecule has 123 heavy (non-hydrogen) atoms. The van der Waals surface area contributed by atoms with Gasteiger partial charge in [-0.2, -0.15) is 8.42 Å². The number of carbonyl (C=O) groups is 15. The molecule has 3 aromatic rings. The number of amides is 9. The first-order chi connectivity index (χ1) is 58.1. The number of imide groups is 1. The number of ketones is 1. The molecule has 40 heteroatoms. The minimum absolute atomic E-state index is 0.0117. The van der Waals surface area contributed by atoms with Crippen LogP contribution in [0.5, 0.6) is 0 Å². The molecule has 3 aliphatic rings. The Hall–Kier alpha value is -12.3. The average Bonchev–Trinajstić information content (AvgIpc) is 1.59. The molecule has 0 fully saturated rings. The van der Waals surface area contributed by atoms with Gasteiger partial charge in [-0.25, -0.2) is 4.21 Å². The summed E-state index contributed by atoms with van der Waals surface area (Å²) < 4.78 is 61.2. The quantitative estimate of drug-likeness (QED) is 0.00694. The first-order valence-electron chi connectivity index (χ1n) is 39.6. The second kappa shape index (κ2) is 47.8. The molecular weight excluding hydrogens is 1650 g/mol. The maximum Gasteiger partial charge on any atom is 0.303 e. The summed E-state index contributed by atoms with van der Waals surface area (Å²) in [6.07, 6.45) is 7.86. The Morgan fingerprint density at radius 1 is 0.561 bits per heavy atom. The summed E-state index contributed by atoms with van der Waals surface area (Å²) in [7, 11) is -4.51. The molecule has 7 atom stereocenters. The fourth-order valence-corrected chi connectivity index (χ4v) is 14.4. The minimum Gasteiger partial charge on any atom is -0.481 e. The maximum atomic E-state index is 14.4. The summed E-state index contributed by atoms with van der Waals surface area (Å²) in [5, 5.41) is 69.4. The molecule has 3 heterocycles. The summed E-state index contributed by atoms with van der Waals surface area (Å²) >= 11 is -2.13. The van der Waals surface area contributed by atoms with Crippen LogP contribution in [0.25, 0.3) is 0 Å². The summed E-state index contributed by atoms with van der Waals surface area (Å²) in [5.41, 5.74) is 4.93. The predicted octanol–water partition coefficient (Wildman–Crippen LogP) is 4.68. The normalized spacial score (nSPS) is 16.0. The molecule has 6 rings (SSSR count). The fourth-order valence-electron chi connectivity index (χ4n) is 13.4. The molecule has 3 aliphatic heterocycles. The van der Waals surface area contributed by atoms with Crippen LogP contribution < -0.4 is 42.1 Å². The van der Waals surface area contributed by atoms with Crippen LogP contribution in [0.2, 0.25) is 0 Å². The summed E-state index contributed by atoms with van der Waals surface area (Å²) in [6, 6.07) is 7.22. The van der Waals surface area contributed by atoms with Crippen molar-refractivity contribution in [3.8, 4) is 0 Å².